The normalized spacial score (nSPS) is 21.8. The minimum absolute atomic E-state index is 0.0439. The average molecular weight is 751 g/mol. The molecule has 55 heavy (non-hydrogen) atoms. The van der Waals surface area contributed by atoms with Crippen LogP contribution in [0.1, 0.15) is 61.4 Å². The molecule has 0 radical (unpaired) electrons. The molecular formula is C42H50N6O7. The number of nitrogens with zero attached hydrogens (tertiary/aromatic N) is 1. The van der Waals surface area contributed by atoms with Crippen LogP contribution in [0.5, 0.6) is 17.2 Å². The van der Waals surface area contributed by atoms with Crippen molar-refractivity contribution in [1.82, 2.24) is 31.2 Å². The van der Waals surface area contributed by atoms with E-state index in [4.69, 9.17) is 14.2 Å². The van der Waals surface area contributed by atoms with Crippen molar-refractivity contribution in [3.8, 4) is 17.2 Å². The molecule has 1 saturated carbocycles. The maximum absolute atomic E-state index is 13.9. The molecule has 1 fully saturated rings. The third kappa shape index (κ3) is 11.6. The molecule has 3 aromatic carbocycles. The van der Waals surface area contributed by atoms with Crippen LogP contribution >= 0.6 is 0 Å². The SMILES string of the molecule is CCOc1cccc2c1OCC(=O)NC1CCC(CC1)CC(=O)N[C@@H](Cc1cnc[nH]1)C(=O)N[C@H](Cc1ccccc1)C(=O)NCCc1ccc(cc1)OC2. The Balaban J connectivity index is 1.21. The summed E-state index contributed by atoms with van der Waals surface area (Å²) in [5, 5.41) is 12.0. The van der Waals surface area contributed by atoms with Crippen LogP contribution in [-0.2, 0) is 45.0 Å². The van der Waals surface area contributed by atoms with Crippen LogP contribution in [0, 0.1) is 5.92 Å². The van der Waals surface area contributed by atoms with Crippen LogP contribution in [0.25, 0.3) is 0 Å². The topological polar surface area (TPSA) is 173 Å². The van der Waals surface area contributed by atoms with Gasteiger partial charge < -0.3 is 40.5 Å². The van der Waals surface area contributed by atoms with E-state index in [2.05, 4.69) is 31.2 Å². The fourth-order valence-electron chi connectivity index (χ4n) is 7.06. The van der Waals surface area contributed by atoms with E-state index >= 15 is 0 Å². The molecule has 0 spiro atoms. The van der Waals surface area contributed by atoms with Gasteiger partial charge >= 0.3 is 0 Å². The second kappa shape index (κ2) is 19.5. The van der Waals surface area contributed by atoms with Gasteiger partial charge in [-0.1, -0.05) is 54.6 Å². The lowest BCUT2D eigenvalue weighted by Gasteiger charge is -2.29. The van der Waals surface area contributed by atoms with Gasteiger partial charge in [-0.2, -0.15) is 0 Å². The number of hydrogen-bond donors (Lipinski definition) is 5. The van der Waals surface area contributed by atoms with Gasteiger partial charge in [0.25, 0.3) is 5.91 Å². The quantitative estimate of drug-likeness (QED) is 0.197. The van der Waals surface area contributed by atoms with Crippen molar-refractivity contribution < 1.29 is 33.4 Å². The molecule has 13 nitrogen and oxygen atoms in total. The number of H-pyrrole nitrogens is 1. The molecule has 1 aromatic heterocycles. The summed E-state index contributed by atoms with van der Waals surface area (Å²) in [6, 6.07) is 20.8. The first-order chi connectivity index (χ1) is 26.8. The van der Waals surface area contributed by atoms with Crippen LogP contribution < -0.4 is 35.5 Å². The first kappa shape index (κ1) is 38.9. The molecule has 0 saturated heterocycles. The molecule has 0 unspecified atom stereocenters. The van der Waals surface area contributed by atoms with Crippen molar-refractivity contribution in [2.45, 2.75) is 83.0 Å². The summed E-state index contributed by atoms with van der Waals surface area (Å²) in [4.78, 5) is 61.2. The largest absolute Gasteiger partial charge is 0.490 e. The number of rotatable bonds is 6. The molecule has 1 aliphatic carbocycles. The highest BCUT2D eigenvalue weighted by atomic mass is 16.5. The van der Waals surface area contributed by atoms with Crippen LogP contribution in [-0.4, -0.2) is 71.5 Å². The summed E-state index contributed by atoms with van der Waals surface area (Å²) in [6.07, 6.45) is 7.28. The summed E-state index contributed by atoms with van der Waals surface area (Å²) >= 11 is 0. The fourth-order valence-corrected chi connectivity index (χ4v) is 7.06. The molecule has 4 aromatic rings. The van der Waals surface area contributed by atoms with E-state index in [1.165, 1.54) is 6.33 Å². The predicted molar refractivity (Wildman–Crippen MR) is 205 cm³/mol. The minimum Gasteiger partial charge on any atom is -0.490 e. The number of aromatic amines is 1. The molecule has 9 rings (SSSR count). The molecule has 4 amide bonds. The highest BCUT2D eigenvalue weighted by molar-refractivity contribution is 5.92. The number of ether oxygens (including phenoxy) is 3. The molecule has 5 aliphatic rings. The number of imidazole rings is 1. The van der Waals surface area contributed by atoms with E-state index in [9.17, 15) is 19.2 Å². The first-order valence-corrected chi connectivity index (χ1v) is 19.1. The molecule has 13 heteroatoms. The first-order valence-electron chi connectivity index (χ1n) is 19.1. The summed E-state index contributed by atoms with van der Waals surface area (Å²) in [6.45, 7) is 2.68. The van der Waals surface area contributed by atoms with Gasteiger partial charge in [0.15, 0.2) is 18.1 Å². The van der Waals surface area contributed by atoms with Gasteiger partial charge in [-0.05, 0) is 74.3 Å². The van der Waals surface area contributed by atoms with Crippen LogP contribution in [0.15, 0.2) is 85.3 Å². The maximum atomic E-state index is 13.9. The van der Waals surface area contributed by atoms with Crippen molar-refractivity contribution in [2.24, 2.45) is 5.92 Å². The van der Waals surface area contributed by atoms with Crippen molar-refractivity contribution in [2.75, 3.05) is 19.8 Å². The highest BCUT2D eigenvalue weighted by Crippen LogP contribution is 2.33. The zero-order valence-corrected chi connectivity index (χ0v) is 31.2. The minimum atomic E-state index is -0.939. The summed E-state index contributed by atoms with van der Waals surface area (Å²) < 4.78 is 18.0. The molecular weight excluding hydrogens is 700 g/mol. The van der Waals surface area contributed by atoms with Gasteiger partial charge in [-0.25, -0.2) is 4.98 Å². The monoisotopic (exact) mass is 750 g/mol. The Bertz CT molecular complexity index is 1860. The van der Waals surface area contributed by atoms with E-state index in [-0.39, 0.29) is 62.2 Å². The Morgan fingerprint density at radius 1 is 0.764 bits per heavy atom. The van der Waals surface area contributed by atoms with Gasteiger partial charge in [0, 0.05) is 49.3 Å². The third-order valence-electron chi connectivity index (χ3n) is 9.97. The van der Waals surface area contributed by atoms with Crippen LogP contribution in [0.3, 0.4) is 0 Å². The molecule has 5 heterocycles. The summed E-state index contributed by atoms with van der Waals surface area (Å²) in [7, 11) is 0. The summed E-state index contributed by atoms with van der Waals surface area (Å²) in [5.74, 6) is 0.464. The van der Waals surface area contributed by atoms with Gasteiger partial charge in [-0.3, -0.25) is 19.2 Å². The average Bonchev–Trinajstić information content (AvgIpc) is 3.71. The van der Waals surface area contributed by atoms with E-state index in [1.807, 2.05) is 79.7 Å². The Morgan fingerprint density at radius 3 is 2.29 bits per heavy atom. The Kier molecular flexibility index (Phi) is 13.8. The lowest BCUT2D eigenvalue weighted by atomic mass is 9.84. The van der Waals surface area contributed by atoms with Crippen molar-refractivity contribution >= 4 is 23.6 Å². The Morgan fingerprint density at radius 2 is 1.55 bits per heavy atom. The fraction of sp³-hybridized carbons (Fsp3) is 0.405. The maximum Gasteiger partial charge on any atom is 0.258 e. The third-order valence-corrected chi connectivity index (χ3v) is 9.97. The van der Waals surface area contributed by atoms with Gasteiger partial charge in [0.05, 0.1) is 12.9 Å². The van der Waals surface area contributed by atoms with E-state index in [0.29, 0.717) is 55.4 Å². The number of benzene rings is 3. The zero-order chi connectivity index (χ0) is 38.4. The number of aromatic nitrogens is 2. The lowest BCUT2D eigenvalue weighted by Crippen LogP contribution is -2.55. The van der Waals surface area contributed by atoms with Crippen molar-refractivity contribution in [3.05, 3.63) is 108 Å². The number of carbonyl (C=O) groups is 4. The van der Waals surface area contributed by atoms with Crippen LogP contribution in [0.4, 0.5) is 0 Å². The molecule has 2 atom stereocenters. The van der Waals surface area contributed by atoms with Crippen molar-refractivity contribution in [3.63, 3.8) is 0 Å². The predicted octanol–water partition coefficient (Wildman–Crippen LogP) is 3.96. The molecule has 4 aliphatic heterocycles. The Hall–Kier alpha value is -5.85. The Labute approximate surface area is 321 Å². The second-order valence-corrected chi connectivity index (χ2v) is 14.1. The van der Waals surface area contributed by atoms with E-state index < -0.39 is 18.0 Å². The number of nitrogens with one attached hydrogen (secondary N) is 5. The smallest absolute Gasteiger partial charge is 0.258 e. The number of para-hydroxylation sites is 1. The number of hydrogen-bond acceptors (Lipinski definition) is 8. The van der Waals surface area contributed by atoms with Crippen molar-refractivity contribution in [1.29, 1.82) is 0 Å². The van der Waals surface area contributed by atoms with Gasteiger partial charge in [0.2, 0.25) is 17.7 Å². The second-order valence-electron chi connectivity index (χ2n) is 14.1. The van der Waals surface area contributed by atoms with Gasteiger partial charge in [0.1, 0.15) is 24.4 Å². The van der Waals surface area contributed by atoms with Crippen LogP contribution in [0.2, 0.25) is 0 Å². The number of amides is 4. The van der Waals surface area contributed by atoms with Gasteiger partial charge in [-0.15, -0.1) is 0 Å². The lowest BCUT2D eigenvalue weighted by molar-refractivity contribution is -0.132. The molecule has 290 valence electrons. The molecule has 5 N–H and O–H groups in total. The van der Waals surface area contributed by atoms with E-state index in [1.54, 1.807) is 6.20 Å². The molecule has 4 bridgehead atoms. The summed E-state index contributed by atoms with van der Waals surface area (Å²) in [5.41, 5.74) is 3.29. The zero-order valence-electron chi connectivity index (χ0n) is 31.2. The standard InChI is InChI=1S/C42H50N6O7/c1-2-53-37-10-6-9-31-25-54-34-17-13-28(14-18-34)19-20-44-41(51)35(21-29-7-4-3-5-8-29)48-42(52)36(23-33-24-43-27-45-33)47-38(49)22-30-11-15-32(16-12-30)46-39(50)26-55-40(31)37/h3-10,13-14,17-18,24,27,30,32,35-36H,2,11-12,15-16,19-23,25-26H2,1H3,(H,43,45)(H,44,51)(H,46,50)(H,47,49)(H,48,52)/t30?,32?,35-,36+/m1/s1. The number of carbonyl (C=O) groups excluding carboxylic acids is 4. The highest BCUT2D eigenvalue weighted by Gasteiger charge is 2.30. The van der Waals surface area contributed by atoms with E-state index in [0.717, 1.165) is 29.5 Å².